The number of hydrogen-bond acceptors (Lipinski definition) is 4. The summed E-state index contributed by atoms with van der Waals surface area (Å²) in [7, 11) is -3.49. The molecule has 20 heavy (non-hydrogen) atoms. The maximum atomic E-state index is 11.9. The first-order valence-corrected chi connectivity index (χ1v) is 8.31. The molecule has 0 saturated heterocycles. The van der Waals surface area contributed by atoms with Gasteiger partial charge in [-0.2, -0.15) is 0 Å². The quantitative estimate of drug-likeness (QED) is 0.855. The van der Waals surface area contributed by atoms with Gasteiger partial charge in [-0.15, -0.1) is 11.3 Å². The van der Waals surface area contributed by atoms with Gasteiger partial charge in [0.15, 0.2) is 0 Å². The molecule has 0 amide bonds. The first-order valence-electron chi connectivity index (χ1n) is 5.78. The Bertz CT molecular complexity index is 693. The fourth-order valence-corrected chi connectivity index (χ4v) is 3.49. The highest BCUT2D eigenvalue weighted by Crippen LogP contribution is 2.11. The van der Waals surface area contributed by atoms with Gasteiger partial charge in [0.05, 0.1) is 11.3 Å². The second kappa shape index (κ2) is 6.17. The van der Waals surface area contributed by atoms with Crippen LogP contribution in [0.25, 0.3) is 0 Å². The number of sulfonamides is 1. The second-order valence-corrected chi connectivity index (χ2v) is 7.00. The van der Waals surface area contributed by atoms with Crippen LogP contribution in [-0.2, 0) is 22.3 Å². The van der Waals surface area contributed by atoms with Crippen molar-refractivity contribution < 1.29 is 18.3 Å². The Morgan fingerprint density at radius 3 is 2.70 bits per heavy atom. The Hall–Kier alpha value is -1.70. The van der Waals surface area contributed by atoms with Crippen molar-refractivity contribution in [1.82, 2.24) is 4.72 Å². The number of rotatable bonds is 6. The Balaban J connectivity index is 2.04. The van der Waals surface area contributed by atoms with Gasteiger partial charge in [-0.3, -0.25) is 0 Å². The Morgan fingerprint density at radius 2 is 2.05 bits per heavy atom. The third-order valence-corrected chi connectivity index (χ3v) is 4.75. The summed E-state index contributed by atoms with van der Waals surface area (Å²) in [5.41, 5.74) is 0.527. The fourth-order valence-electron chi connectivity index (χ4n) is 1.66. The highest BCUT2D eigenvalue weighted by Gasteiger charge is 2.13. The molecule has 1 aromatic heterocycles. The van der Waals surface area contributed by atoms with Gasteiger partial charge in [0, 0.05) is 11.4 Å². The minimum Gasteiger partial charge on any atom is -0.478 e. The van der Waals surface area contributed by atoms with Gasteiger partial charge in [0.2, 0.25) is 10.0 Å². The zero-order valence-corrected chi connectivity index (χ0v) is 12.1. The number of carboxylic acid groups (broad SMARTS) is 1. The highest BCUT2D eigenvalue weighted by atomic mass is 32.2. The van der Waals surface area contributed by atoms with Crippen LogP contribution in [0.15, 0.2) is 41.8 Å². The maximum absolute atomic E-state index is 11.9. The van der Waals surface area contributed by atoms with E-state index in [-0.39, 0.29) is 17.9 Å². The van der Waals surface area contributed by atoms with E-state index in [1.165, 1.54) is 29.5 Å². The van der Waals surface area contributed by atoms with Crippen molar-refractivity contribution >= 4 is 27.3 Å². The van der Waals surface area contributed by atoms with E-state index < -0.39 is 16.0 Å². The van der Waals surface area contributed by atoms with Gasteiger partial charge >= 0.3 is 5.97 Å². The summed E-state index contributed by atoms with van der Waals surface area (Å²) in [6.07, 6.45) is 0. The van der Waals surface area contributed by atoms with Gasteiger partial charge < -0.3 is 5.11 Å². The van der Waals surface area contributed by atoms with Gasteiger partial charge in [0.25, 0.3) is 0 Å². The number of aromatic carboxylic acids is 1. The minimum absolute atomic E-state index is 0.0796. The van der Waals surface area contributed by atoms with Crippen LogP contribution in [0.1, 0.15) is 20.8 Å². The lowest BCUT2D eigenvalue weighted by molar-refractivity contribution is 0.0696. The molecular weight excluding hydrogens is 298 g/mol. The standard InChI is InChI=1S/C13H13NO4S2/c15-13(16)11-4-1-3-10(7-11)9-20(17,18)14-8-12-5-2-6-19-12/h1-7,14H,8-9H2,(H,15,16). The lowest BCUT2D eigenvalue weighted by atomic mass is 10.1. The lowest BCUT2D eigenvalue weighted by Gasteiger charge is -2.06. The van der Waals surface area contributed by atoms with E-state index in [0.29, 0.717) is 5.56 Å². The van der Waals surface area contributed by atoms with Crippen molar-refractivity contribution in [2.24, 2.45) is 0 Å². The van der Waals surface area contributed by atoms with Crippen LogP contribution in [0.4, 0.5) is 0 Å². The van der Waals surface area contributed by atoms with Crippen LogP contribution in [-0.4, -0.2) is 19.5 Å². The number of benzene rings is 1. The van der Waals surface area contributed by atoms with Crippen LogP contribution in [0.2, 0.25) is 0 Å². The summed E-state index contributed by atoms with van der Waals surface area (Å²) in [5, 5.41) is 10.7. The SMILES string of the molecule is O=C(O)c1cccc(CS(=O)(=O)NCc2cccs2)c1. The van der Waals surface area contributed by atoms with Crippen LogP contribution in [0, 0.1) is 0 Å². The van der Waals surface area contributed by atoms with E-state index in [0.717, 1.165) is 4.88 Å². The molecule has 1 heterocycles. The van der Waals surface area contributed by atoms with Gasteiger partial charge in [0.1, 0.15) is 0 Å². The molecule has 0 unspecified atom stereocenters. The molecule has 1 aromatic carbocycles. The van der Waals surface area contributed by atoms with Crippen LogP contribution in [0.3, 0.4) is 0 Å². The molecule has 2 aromatic rings. The van der Waals surface area contributed by atoms with Crippen molar-refractivity contribution in [2.75, 3.05) is 0 Å². The average Bonchev–Trinajstić information content (AvgIpc) is 2.89. The molecule has 0 spiro atoms. The smallest absolute Gasteiger partial charge is 0.335 e. The van der Waals surface area contributed by atoms with E-state index in [1.807, 2.05) is 17.5 Å². The Kier molecular flexibility index (Phi) is 4.53. The van der Waals surface area contributed by atoms with Crippen molar-refractivity contribution in [3.8, 4) is 0 Å². The molecule has 0 atom stereocenters. The summed E-state index contributed by atoms with van der Waals surface area (Å²) in [6, 6.07) is 9.62. The summed E-state index contributed by atoms with van der Waals surface area (Å²) in [5.74, 6) is -1.31. The van der Waals surface area contributed by atoms with E-state index in [1.54, 1.807) is 6.07 Å². The van der Waals surface area contributed by atoms with Gasteiger partial charge in [-0.05, 0) is 29.1 Å². The normalized spacial score (nSPS) is 11.4. The highest BCUT2D eigenvalue weighted by molar-refractivity contribution is 7.88. The molecular formula is C13H13NO4S2. The average molecular weight is 311 g/mol. The fraction of sp³-hybridized carbons (Fsp3) is 0.154. The molecule has 5 nitrogen and oxygen atoms in total. The van der Waals surface area contributed by atoms with Crippen molar-refractivity contribution in [3.63, 3.8) is 0 Å². The molecule has 0 aliphatic carbocycles. The van der Waals surface area contributed by atoms with Crippen molar-refractivity contribution in [1.29, 1.82) is 0 Å². The summed E-state index contributed by atoms with van der Waals surface area (Å²) < 4.78 is 26.3. The third-order valence-electron chi connectivity index (χ3n) is 2.58. The second-order valence-electron chi connectivity index (χ2n) is 4.17. The van der Waals surface area contributed by atoms with E-state index in [2.05, 4.69) is 4.72 Å². The molecule has 0 aliphatic rings. The number of nitrogens with one attached hydrogen (secondary N) is 1. The predicted molar refractivity (Wildman–Crippen MR) is 77.2 cm³/mol. The largest absolute Gasteiger partial charge is 0.478 e. The molecule has 2 rings (SSSR count). The van der Waals surface area contributed by atoms with Gasteiger partial charge in [-0.25, -0.2) is 17.9 Å². The topological polar surface area (TPSA) is 83.5 Å². The molecule has 0 saturated carbocycles. The van der Waals surface area contributed by atoms with E-state index in [4.69, 9.17) is 5.11 Å². The molecule has 0 radical (unpaired) electrons. The number of thiophene rings is 1. The zero-order valence-electron chi connectivity index (χ0n) is 10.4. The lowest BCUT2D eigenvalue weighted by Crippen LogP contribution is -2.24. The number of carboxylic acids is 1. The van der Waals surface area contributed by atoms with Crippen LogP contribution >= 0.6 is 11.3 Å². The van der Waals surface area contributed by atoms with Gasteiger partial charge in [-0.1, -0.05) is 18.2 Å². The van der Waals surface area contributed by atoms with E-state index >= 15 is 0 Å². The summed E-state index contributed by atoms with van der Waals surface area (Å²) in [6.45, 7) is 0.249. The summed E-state index contributed by atoms with van der Waals surface area (Å²) >= 11 is 1.47. The summed E-state index contributed by atoms with van der Waals surface area (Å²) in [4.78, 5) is 11.8. The van der Waals surface area contributed by atoms with Crippen LogP contribution in [0.5, 0.6) is 0 Å². The number of carbonyl (C=O) groups is 1. The Morgan fingerprint density at radius 1 is 1.25 bits per heavy atom. The molecule has 0 aliphatic heterocycles. The van der Waals surface area contributed by atoms with Crippen LogP contribution < -0.4 is 4.72 Å². The monoisotopic (exact) mass is 311 g/mol. The molecule has 106 valence electrons. The number of hydrogen-bond donors (Lipinski definition) is 2. The predicted octanol–water partition coefficient (Wildman–Crippen LogP) is 2.07. The molecule has 0 fully saturated rings. The molecule has 0 bridgehead atoms. The first kappa shape index (κ1) is 14.7. The zero-order chi connectivity index (χ0) is 14.6. The van der Waals surface area contributed by atoms with E-state index in [9.17, 15) is 13.2 Å². The maximum Gasteiger partial charge on any atom is 0.335 e. The molecule has 7 heteroatoms. The Labute approximate surface area is 120 Å². The molecule has 2 N–H and O–H groups in total. The third kappa shape index (κ3) is 4.16. The first-order chi connectivity index (χ1) is 9.46. The minimum atomic E-state index is -3.49. The van der Waals surface area contributed by atoms with Crippen molar-refractivity contribution in [2.45, 2.75) is 12.3 Å². The van der Waals surface area contributed by atoms with Crippen molar-refractivity contribution in [3.05, 3.63) is 57.8 Å².